The van der Waals surface area contributed by atoms with Gasteiger partial charge in [0.1, 0.15) is 5.21 Å². The van der Waals surface area contributed by atoms with E-state index in [2.05, 4.69) is 42.2 Å². The first-order valence-electron chi connectivity index (χ1n) is 5.78. The average molecular weight is 397 g/mol. The Bertz CT molecular complexity index is 790. The molecule has 3 aromatic rings. The van der Waals surface area contributed by atoms with Crippen LogP contribution in [0.1, 0.15) is 0 Å². The van der Waals surface area contributed by atoms with Crippen molar-refractivity contribution in [3.63, 3.8) is 0 Å². The van der Waals surface area contributed by atoms with Gasteiger partial charge in [0, 0.05) is 0 Å². The van der Waals surface area contributed by atoms with Crippen LogP contribution in [0.4, 0.5) is 0 Å². The summed E-state index contributed by atoms with van der Waals surface area (Å²) >= 11 is 6.90. The molecule has 1 aromatic heterocycles. The van der Waals surface area contributed by atoms with Crippen molar-refractivity contribution in [3.05, 3.63) is 68.0 Å². The zero-order valence-corrected chi connectivity index (χ0v) is 13.3. The Morgan fingerprint density at radius 1 is 1.00 bits per heavy atom. The van der Waals surface area contributed by atoms with E-state index in [0.717, 1.165) is 14.6 Å². The first-order valence-corrected chi connectivity index (χ1v) is 7.37. The maximum atomic E-state index is 12.0. The number of tetrazole rings is 1. The van der Waals surface area contributed by atoms with Gasteiger partial charge in [-0.25, -0.2) is 4.79 Å². The van der Waals surface area contributed by atoms with Gasteiger partial charge in [0.15, 0.2) is 5.69 Å². The van der Waals surface area contributed by atoms with Crippen molar-refractivity contribution in [2.75, 3.05) is 0 Å². The van der Waals surface area contributed by atoms with Crippen LogP contribution >= 0.6 is 31.9 Å². The summed E-state index contributed by atoms with van der Waals surface area (Å²) < 4.78 is 2.96. The Morgan fingerprint density at radius 2 is 1.65 bits per heavy atom. The number of hydrogen-bond acceptors (Lipinski definition) is 2. The number of H-pyrrole nitrogens is 1. The highest BCUT2D eigenvalue weighted by Gasteiger charge is 2.20. The largest absolute Gasteiger partial charge is 0.471 e. The molecule has 0 atom stereocenters. The summed E-state index contributed by atoms with van der Waals surface area (Å²) in [5, 5.41) is 6.97. The van der Waals surface area contributed by atoms with Gasteiger partial charge in [-0.15, -0.1) is 5.10 Å². The summed E-state index contributed by atoms with van der Waals surface area (Å²) in [6.07, 6.45) is 0. The molecule has 0 fully saturated rings. The standard InChI is InChI=1S/C13H8Br2N4O/c14-10-7-4-8-11(15)12(10)19-16-13(20)18(17-19)9-5-2-1-3-6-9/h1-8H/p+1. The van der Waals surface area contributed by atoms with Crippen LogP contribution < -0.4 is 10.5 Å². The monoisotopic (exact) mass is 395 g/mol. The molecule has 0 spiro atoms. The molecule has 20 heavy (non-hydrogen) atoms. The molecule has 1 heterocycles. The number of aromatic amines is 1. The van der Waals surface area contributed by atoms with E-state index in [1.807, 2.05) is 48.5 Å². The molecular formula is C13H9Br2N4O+. The van der Waals surface area contributed by atoms with Crippen molar-refractivity contribution in [1.29, 1.82) is 0 Å². The lowest BCUT2D eigenvalue weighted by Gasteiger charge is -1.98. The third kappa shape index (κ3) is 2.34. The number of para-hydroxylation sites is 2. The average Bonchev–Trinajstić information content (AvgIpc) is 2.81. The van der Waals surface area contributed by atoms with Gasteiger partial charge in [-0.3, -0.25) is 0 Å². The van der Waals surface area contributed by atoms with E-state index in [9.17, 15) is 4.79 Å². The van der Waals surface area contributed by atoms with E-state index < -0.39 is 0 Å². The van der Waals surface area contributed by atoms with E-state index in [-0.39, 0.29) is 5.69 Å². The molecule has 0 bridgehead atoms. The first kappa shape index (κ1) is 13.3. The van der Waals surface area contributed by atoms with Crippen LogP contribution in [-0.4, -0.2) is 15.0 Å². The third-order valence-corrected chi connectivity index (χ3v) is 4.00. The van der Waals surface area contributed by atoms with Gasteiger partial charge in [-0.1, -0.05) is 24.3 Å². The minimum absolute atomic E-state index is 0.307. The minimum atomic E-state index is -0.307. The Labute approximate surface area is 131 Å². The molecule has 0 saturated carbocycles. The molecule has 100 valence electrons. The topological polar surface area (TPSA) is 54.6 Å². The Hall–Kier alpha value is -1.73. The van der Waals surface area contributed by atoms with Gasteiger partial charge in [0.05, 0.1) is 8.95 Å². The van der Waals surface area contributed by atoms with Gasteiger partial charge in [0.2, 0.25) is 5.69 Å². The summed E-state index contributed by atoms with van der Waals surface area (Å²) in [5.74, 6) is 0. The highest BCUT2D eigenvalue weighted by Crippen LogP contribution is 2.24. The predicted octanol–water partition coefficient (Wildman–Crippen LogP) is 2.36. The van der Waals surface area contributed by atoms with Crippen LogP contribution in [0.2, 0.25) is 0 Å². The summed E-state index contributed by atoms with van der Waals surface area (Å²) in [6.45, 7) is 0. The van der Waals surface area contributed by atoms with Crippen LogP contribution in [0.5, 0.6) is 0 Å². The molecule has 0 aliphatic carbocycles. The van der Waals surface area contributed by atoms with Gasteiger partial charge in [-0.05, 0) is 65.6 Å². The van der Waals surface area contributed by atoms with E-state index >= 15 is 0 Å². The highest BCUT2D eigenvalue weighted by molar-refractivity contribution is 9.11. The van der Waals surface area contributed by atoms with E-state index in [1.165, 1.54) is 9.48 Å². The first-order chi connectivity index (χ1) is 9.66. The minimum Gasteiger partial charge on any atom is -0.214 e. The molecule has 0 saturated heterocycles. The Kier molecular flexibility index (Phi) is 3.54. The van der Waals surface area contributed by atoms with Crippen molar-refractivity contribution < 1.29 is 4.80 Å². The summed E-state index contributed by atoms with van der Waals surface area (Å²) in [7, 11) is 0. The predicted molar refractivity (Wildman–Crippen MR) is 81.1 cm³/mol. The van der Waals surface area contributed by atoms with Gasteiger partial charge < -0.3 is 0 Å². The van der Waals surface area contributed by atoms with Crippen LogP contribution in [0.3, 0.4) is 0 Å². The van der Waals surface area contributed by atoms with Crippen LogP contribution in [-0.2, 0) is 0 Å². The maximum absolute atomic E-state index is 12.0. The quantitative estimate of drug-likeness (QED) is 0.676. The third-order valence-electron chi connectivity index (χ3n) is 2.72. The lowest BCUT2D eigenvalue weighted by atomic mass is 10.3. The van der Waals surface area contributed by atoms with Crippen molar-refractivity contribution in [3.8, 4) is 11.4 Å². The molecule has 7 heteroatoms. The van der Waals surface area contributed by atoms with E-state index in [0.29, 0.717) is 5.69 Å². The van der Waals surface area contributed by atoms with E-state index in [1.54, 1.807) is 0 Å². The number of nitrogens with zero attached hydrogens (tertiary/aromatic N) is 3. The number of hydrogen-bond donors (Lipinski definition) is 1. The van der Waals surface area contributed by atoms with Gasteiger partial charge in [0.25, 0.3) is 0 Å². The summed E-state index contributed by atoms with van der Waals surface area (Å²) in [4.78, 5) is 13.5. The van der Waals surface area contributed by atoms with Crippen molar-refractivity contribution >= 4 is 31.9 Å². The normalized spacial score (nSPS) is 10.7. The molecule has 0 amide bonds. The lowest BCUT2D eigenvalue weighted by Crippen LogP contribution is -2.38. The Morgan fingerprint density at radius 3 is 2.30 bits per heavy atom. The fourth-order valence-corrected chi connectivity index (χ4v) is 3.15. The molecule has 3 rings (SSSR count). The summed E-state index contributed by atoms with van der Waals surface area (Å²) in [5.41, 5.74) is 1.13. The second kappa shape index (κ2) is 5.34. The number of benzene rings is 2. The van der Waals surface area contributed by atoms with Crippen molar-refractivity contribution in [1.82, 2.24) is 15.0 Å². The molecule has 0 unspecified atom stereocenters. The van der Waals surface area contributed by atoms with Crippen LogP contribution in [0, 0.1) is 0 Å². The number of aromatic nitrogens is 4. The van der Waals surface area contributed by atoms with Crippen molar-refractivity contribution in [2.45, 2.75) is 0 Å². The van der Waals surface area contributed by atoms with Gasteiger partial charge in [-0.2, -0.15) is 0 Å². The SMILES string of the molecule is O=c1[nH][n+](-c2c(Br)cccc2Br)nn1-c1ccccc1. The molecule has 0 aliphatic rings. The van der Waals surface area contributed by atoms with E-state index in [4.69, 9.17) is 0 Å². The van der Waals surface area contributed by atoms with Gasteiger partial charge >= 0.3 is 5.69 Å². The second-order valence-electron chi connectivity index (χ2n) is 4.04. The lowest BCUT2D eigenvalue weighted by molar-refractivity contribution is -0.719. The van der Waals surface area contributed by atoms with Crippen LogP contribution in [0.25, 0.3) is 11.4 Å². The zero-order chi connectivity index (χ0) is 14.1. The molecule has 0 radical (unpaired) electrons. The number of rotatable bonds is 2. The zero-order valence-electron chi connectivity index (χ0n) is 10.1. The Balaban J connectivity index is 2.17. The van der Waals surface area contributed by atoms with Crippen molar-refractivity contribution in [2.24, 2.45) is 0 Å². The molecular weight excluding hydrogens is 388 g/mol. The smallest absolute Gasteiger partial charge is 0.214 e. The molecule has 0 aliphatic heterocycles. The summed E-state index contributed by atoms with van der Waals surface area (Å²) in [6, 6.07) is 14.9. The fraction of sp³-hybridized carbons (Fsp3) is 0. The number of nitrogens with one attached hydrogen (secondary N) is 1. The second-order valence-corrected chi connectivity index (χ2v) is 5.74. The molecule has 2 aromatic carbocycles. The molecule has 1 N–H and O–H groups in total. The highest BCUT2D eigenvalue weighted by atomic mass is 79.9. The van der Waals surface area contributed by atoms with Crippen LogP contribution in [0.15, 0.2) is 62.3 Å². The fourth-order valence-electron chi connectivity index (χ4n) is 1.82. The molecule has 5 nitrogen and oxygen atoms in total. The maximum Gasteiger partial charge on any atom is 0.471 e. The number of halogens is 2.